The van der Waals surface area contributed by atoms with Crippen LogP contribution in [-0.4, -0.2) is 66.3 Å². The van der Waals surface area contributed by atoms with Crippen LogP contribution in [0, 0.1) is 0 Å². The van der Waals surface area contributed by atoms with E-state index in [1.165, 1.54) is 9.80 Å². The molecule has 3 heterocycles. The molecule has 0 aliphatic carbocycles. The second kappa shape index (κ2) is 9.54. The van der Waals surface area contributed by atoms with E-state index in [4.69, 9.17) is 35.3 Å². The molecule has 1 aromatic carbocycles. The van der Waals surface area contributed by atoms with E-state index in [0.29, 0.717) is 16.5 Å². The molecule has 0 saturated carbocycles. The van der Waals surface area contributed by atoms with Gasteiger partial charge < -0.3 is 23.7 Å². The van der Waals surface area contributed by atoms with Crippen LogP contribution in [0.3, 0.4) is 0 Å². The predicted octanol–water partition coefficient (Wildman–Crippen LogP) is 2.34. The van der Waals surface area contributed by atoms with Crippen molar-refractivity contribution in [2.45, 2.75) is 64.3 Å². The number of fused-ring (bicyclic) bond motifs is 1. The molecule has 0 atom stereocenters. The molecule has 11 nitrogen and oxygen atoms in total. The van der Waals surface area contributed by atoms with E-state index < -0.39 is 35.7 Å². The second-order valence-corrected chi connectivity index (χ2v) is 8.98. The number of hydrogen-bond donors (Lipinski definition) is 0. The summed E-state index contributed by atoms with van der Waals surface area (Å²) < 4.78 is 29.0. The summed E-state index contributed by atoms with van der Waals surface area (Å²) in [7, 11) is 0. The van der Waals surface area contributed by atoms with Crippen molar-refractivity contribution in [1.29, 1.82) is 0 Å². The number of ether oxygens (including phenoxy) is 5. The summed E-state index contributed by atoms with van der Waals surface area (Å²) in [6, 6.07) is 4.35. The smallest absolute Gasteiger partial charge is 0.442 e. The Bertz CT molecular complexity index is 1010. The van der Waals surface area contributed by atoms with E-state index in [0.717, 1.165) is 0 Å². The standard InChI is InChI=1S/C23H27ClN2O9/c1-4-31-17-13-15(24)5-6-16(17)26-12-11-25(14(2)3)22(32-18(27)7-8-19(28)33-22)23(26)34-20(29)9-10-21(30)35-23/h5-6,13-14H,4,7-12H2,1-3H3. The third-order valence-corrected chi connectivity index (χ3v) is 6.14. The molecular weight excluding hydrogens is 484 g/mol. The molecule has 190 valence electrons. The largest absolute Gasteiger partial charge is 0.492 e. The number of piperazine rings is 1. The lowest BCUT2D eigenvalue weighted by atomic mass is 10.1. The minimum absolute atomic E-state index is 0.122. The zero-order valence-electron chi connectivity index (χ0n) is 19.7. The number of anilines is 1. The van der Waals surface area contributed by atoms with Crippen molar-refractivity contribution in [3.8, 4) is 5.75 Å². The molecule has 1 aromatic rings. The van der Waals surface area contributed by atoms with Crippen LogP contribution in [0.2, 0.25) is 5.02 Å². The van der Waals surface area contributed by atoms with Crippen molar-refractivity contribution in [3.05, 3.63) is 23.2 Å². The summed E-state index contributed by atoms with van der Waals surface area (Å²) in [6.07, 6.45) is -1.05. The Hall–Kier alpha value is -3.05. The van der Waals surface area contributed by atoms with Gasteiger partial charge in [0.15, 0.2) is 0 Å². The van der Waals surface area contributed by atoms with E-state index >= 15 is 0 Å². The Kier molecular flexibility index (Phi) is 6.83. The van der Waals surface area contributed by atoms with Crippen molar-refractivity contribution >= 4 is 41.2 Å². The first-order chi connectivity index (χ1) is 16.6. The summed E-state index contributed by atoms with van der Waals surface area (Å²) >= 11 is 6.19. The van der Waals surface area contributed by atoms with Crippen molar-refractivity contribution < 1.29 is 42.9 Å². The minimum Gasteiger partial charge on any atom is -0.492 e. The molecule has 0 aromatic heterocycles. The van der Waals surface area contributed by atoms with Gasteiger partial charge in [0.25, 0.3) is 0 Å². The van der Waals surface area contributed by atoms with Gasteiger partial charge in [0.1, 0.15) is 5.75 Å². The molecule has 0 radical (unpaired) electrons. The molecule has 0 amide bonds. The van der Waals surface area contributed by atoms with Gasteiger partial charge in [-0.25, -0.2) is 4.90 Å². The van der Waals surface area contributed by atoms with E-state index in [9.17, 15) is 19.2 Å². The van der Waals surface area contributed by atoms with Gasteiger partial charge in [-0.15, -0.1) is 0 Å². The maximum atomic E-state index is 12.9. The number of hydrogen-bond acceptors (Lipinski definition) is 11. The number of benzene rings is 1. The maximum absolute atomic E-state index is 12.9. The van der Waals surface area contributed by atoms with Crippen LogP contribution in [-0.2, 0) is 38.1 Å². The number of carbonyl (C=O) groups is 4. The molecular formula is C23H27ClN2O9. The Morgan fingerprint density at radius 2 is 1.40 bits per heavy atom. The van der Waals surface area contributed by atoms with Crippen molar-refractivity contribution in [3.63, 3.8) is 0 Å². The minimum atomic E-state index is -2.49. The number of carbonyl (C=O) groups excluding carboxylic acids is 4. The van der Waals surface area contributed by atoms with Crippen LogP contribution >= 0.6 is 11.6 Å². The molecule has 12 heteroatoms. The third-order valence-electron chi connectivity index (χ3n) is 5.91. The molecule has 0 N–H and O–H groups in total. The molecule has 4 rings (SSSR count). The number of nitrogens with zero attached hydrogens (tertiary/aromatic N) is 2. The lowest BCUT2D eigenvalue weighted by Crippen LogP contribution is -2.81. The zero-order valence-corrected chi connectivity index (χ0v) is 20.5. The Balaban J connectivity index is 2.01. The SMILES string of the molecule is CCOc1cc(Cl)ccc1N1CCN(C(C)C)C2(OC(=O)CCC(=O)O2)C12OC(=O)CCC(=O)O2. The Labute approximate surface area is 207 Å². The lowest BCUT2D eigenvalue weighted by molar-refractivity contribution is -0.420. The number of rotatable bonds is 4. The summed E-state index contributed by atoms with van der Waals surface area (Å²) in [4.78, 5) is 54.2. The van der Waals surface area contributed by atoms with Gasteiger partial charge in [-0.05, 0) is 32.9 Å². The summed E-state index contributed by atoms with van der Waals surface area (Å²) in [5, 5.41) is 0.379. The highest BCUT2D eigenvalue weighted by atomic mass is 35.5. The first-order valence-electron chi connectivity index (χ1n) is 11.5. The van der Waals surface area contributed by atoms with Gasteiger partial charge in [-0.1, -0.05) is 11.6 Å². The summed E-state index contributed by atoms with van der Waals surface area (Å²) in [5.41, 5.74) is 0.331. The lowest BCUT2D eigenvalue weighted by Gasteiger charge is -2.57. The molecule has 3 saturated heterocycles. The predicted molar refractivity (Wildman–Crippen MR) is 120 cm³/mol. The molecule has 0 bridgehead atoms. The molecule has 3 aliphatic rings. The van der Waals surface area contributed by atoms with Gasteiger partial charge in [-0.3, -0.25) is 24.1 Å². The summed E-state index contributed by atoms with van der Waals surface area (Å²) in [5.74, 6) is -7.75. The van der Waals surface area contributed by atoms with Gasteiger partial charge >= 0.3 is 35.7 Å². The average molecular weight is 511 g/mol. The van der Waals surface area contributed by atoms with Gasteiger partial charge in [0, 0.05) is 30.2 Å². The Morgan fingerprint density at radius 3 is 1.89 bits per heavy atom. The molecule has 35 heavy (non-hydrogen) atoms. The van der Waals surface area contributed by atoms with Gasteiger partial charge in [0.05, 0.1) is 38.0 Å². The fourth-order valence-electron chi connectivity index (χ4n) is 4.47. The first kappa shape index (κ1) is 25.1. The average Bonchev–Trinajstić information content (AvgIpc) is 3.03. The van der Waals surface area contributed by atoms with Crippen molar-refractivity contribution in [2.24, 2.45) is 0 Å². The van der Waals surface area contributed by atoms with Gasteiger partial charge in [0.2, 0.25) is 0 Å². The normalized spacial score (nSPS) is 22.3. The van der Waals surface area contributed by atoms with Crippen LogP contribution in [0.4, 0.5) is 5.69 Å². The second-order valence-electron chi connectivity index (χ2n) is 8.54. The van der Waals surface area contributed by atoms with E-state index in [-0.39, 0.29) is 51.4 Å². The van der Waals surface area contributed by atoms with E-state index in [1.54, 1.807) is 39.0 Å². The highest BCUT2D eigenvalue weighted by Crippen LogP contribution is 2.49. The van der Waals surface area contributed by atoms with Crippen molar-refractivity contribution in [1.82, 2.24) is 4.90 Å². The zero-order chi connectivity index (χ0) is 25.4. The van der Waals surface area contributed by atoms with Crippen LogP contribution in [0.15, 0.2) is 18.2 Å². The molecule has 2 spiro atoms. The quantitative estimate of drug-likeness (QED) is 0.555. The van der Waals surface area contributed by atoms with Crippen molar-refractivity contribution in [2.75, 3.05) is 24.6 Å². The molecule has 0 unspecified atom stereocenters. The monoisotopic (exact) mass is 510 g/mol. The molecule has 3 aliphatic heterocycles. The van der Waals surface area contributed by atoms with Crippen LogP contribution in [0.5, 0.6) is 5.75 Å². The van der Waals surface area contributed by atoms with E-state index in [2.05, 4.69) is 0 Å². The fraction of sp³-hybridized carbons (Fsp3) is 0.565. The fourth-order valence-corrected chi connectivity index (χ4v) is 4.63. The van der Waals surface area contributed by atoms with E-state index in [1.807, 2.05) is 0 Å². The number of halogens is 1. The molecule has 3 fully saturated rings. The number of esters is 4. The van der Waals surface area contributed by atoms with Crippen LogP contribution in [0.25, 0.3) is 0 Å². The Morgan fingerprint density at radius 1 is 0.886 bits per heavy atom. The highest BCUT2D eigenvalue weighted by Gasteiger charge is 2.76. The first-order valence-corrected chi connectivity index (χ1v) is 11.8. The van der Waals surface area contributed by atoms with Crippen LogP contribution in [0.1, 0.15) is 46.5 Å². The highest BCUT2D eigenvalue weighted by molar-refractivity contribution is 6.30. The topological polar surface area (TPSA) is 121 Å². The maximum Gasteiger partial charge on any atom is 0.442 e. The van der Waals surface area contributed by atoms with Crippen LogP contribution < -0.4 is 9.64 Å². The summed E-state index contributed by atoms with van der Waals surface area (Å²) in [6.45, 7) is 5.93. The van der Waals surface area contributed by atoms with Gasteiger partial charge in [-0.2, -0.15) is 0 Å². The third kappa shape index (κ3) is 4.38.